The molecule has 1 amide bonds. The van der Waals surface area contributed by atoms with Crippen molar-refractivity contribution in [3.05, 3.63) is 65.7 Å². The Hall–Kier alpha value is -2.69. The van der Waals surface area contributed by atoms with E-state index in [-0.39, 0.29) is 5.56 Å². The Morgan fingerprint density at radius 3 is 2.68 bits per heavy atom. The number of imidazole rings is 1. The molecule has 0 saturated heterocycles. The molecule has 0 fully saturated rings. The molecule has 0 spiro atoms. The van der Waals surface area contributed by atoms with Gasteiger partial charge in [0, 0.05) is 20.0 Å². The minimum Gasteiger partial charge on any atom is -0.351 e. The van der Waals surface area contributed by atoms with Crippen LogP contribution in [0.4, 0.5) is 4.39 Å². The first-order chi connectivity index (χ1) is 10.7. The molecule has 1 aromatic heterocycles. The molecular weight excluding hydrogens is 281 g/mol. The molecule has 1 N–H and O–H groups in total. The summed E-state index contributed by atoms with van der Waals surface area (Å²) in [5.74, 6) is -0.0328. The maximum Gasteiger partial charge on any atom is 0.254 e. The zero-order valence-corrected chi connectivity index (χ0v) is 12.2. The summed E-state index contributed by atoms with van der Waals surface area (Å²) >= 11 is 0. The smallest absolute Gasteiger partial charge is 0.254 e. The van der Waals surface area contributed by atoms with Crippen molar-refractivity contribution in [2.24, 2.45) is 7.05 Å². The largest absolute Gasteiger partial charge is 0.351 e. The third-order valence-corrected chi connectivity index (χ3v) is 3.63. The maximum absolute atomic E-state index is 13.5. The molecule has 112 valence electrons. The van der Waals surface area contributed by atoms with E-state index in [2.05, 4.69) is 10.3 Å². The minimum absolute atomic E-state index is 0.0625. The Labute approximate surface area is 127 Å². The average Bonchev–Trinajstić information content (AvgIpc) is 2.84. The number of aromatic nitrogens is 2. The molecule has 0 aliphatic rings. The predicted molar refractivity (Wildman–Crippen MR) is 83.2 cm³/mol. The average molecular weight is 297 g/mol. The number of hydrogen-bond donors (Lipinski definition) is 1. The van der Waals surface area contributed by atoms with Gasteiger partial charge in [-0.2, -0.15) is 0 Å². The van der Waals surface area contributed by atoms with E-state index in [9.17, 15) is 9.18 Å². The molecule has 0 radical (unpaired) electrons. The topological polar surface area (TPSA) is 46.9 Å². The molecule has 22 heavy (non-hydrogen) atoms. The third kappa shape index (κ3) is 2.70. The van der Waals surface area contributed by atoms with E-state index >= 15 is 0 Å². The first-order valence-corrected chi connectivity index (χ1v) is 7.10. The quantitative estimate of drug-likeness (QED) is 0.805. The molecule has 0 aliphatic heterocycles. The van der Waals surface area contributed by atoms with Gasteiger partial charge in [-0.15, -0.1) is 0 Å². The van der Waals surface area contributed by atoms with E-state index in [0.717, 1.165) is 16.9 Å². The molecular formula is C17H16FN3O. The maximum atomic E-state index is 13.5. The molecule has 0 saturated carbocycles. The predicted octanol–water partition coefficient (Wildman–Crippen LogP) is 2.68. The van der Waals surface area contributed by atoms with Crippen LogP contribution < -0.4 is 5.32 Å². The van der Waals surface area contributed by atoms with Crippen LogP contribution in [0.15, 0.2) is 48.5 Å². The second-order valence-electron chi connectivity index (χ2n) is 5.06. The SMILES string of the molecule is Cn1c(CCNC(=O)c2ccccc2F)nc2ccccc21. The molecule has 0 aliphatic carbocycles. The van der Waals surface area contributed by atoms with Crippen LogP contribution in [0.2, 0.25) is 0 Å². The molecule has 3 rings (SSSR count). The summed E-state index contributed by atoms with van der Waals surface area (Å²) in [5.41, 5.74) is 2.05. The monoisotopic (exact) mass is 297 g/mol. The number of amides is 1. The molecule has 0 bridgehead atoms. The van der Waals surface area contributed by atoms with Crippen LogP contribution in [0.25, 0.3) is 11.0 Å². The highest BCUT2D eigenvalue weighted by Crippen LogP contribution is 2.14. The van der Waals surface area contributed by atoms with Gasteiger partial charge in [0.25, 0.3) is 5.91 Å². The van der Waals surface area contributed by atoms with Crippen LogP contribution in [0.1, 0.15) is 16.2 Å². The van der Waals surface area contributed by atoms with Crippen LogP contribution in [-0.2, 0) is 13.5 Å². The number of hydrogen-bond acceptors (Lipinski definition) is 2. The Balaban J connectivity index is 1.66. The van der Waals surface area contributed by atoms with E-state index in [1.807, 2.05) is 35.9 Å². The number of halogens is 1. The number of carbonyl (C=O) groups is 1. The molecule has 3 aromatic rings. The lowest BCUT2D eigenvalue weighted by Crippen LogP contribution is -2.27. The summed E-state index contributed by atoms with van der Waals surface area (Å²) in [6.45, 7) is 0.407. The van der Waals surface area contributed by atoms with E-state index in [1.54, 1.807) is 12.1 Å². The Kier molecular flexibility index (Phi) is 3.87. The fraction of sp³-hybridized carbons (Fsp3) is 0.176. The van der Waals surface area contributed by atoms with Gasteiger partial charge in [-0.1, -0.05) is 24.3 Å². The summed E-state index contributed by atoms with van der Waals surface area (Å²) in [6, 6.07) is 13.8. The van der Waals surface area contributed by atoms with Crippen LogP contribution in [-0.4, -0.2) is 22.0 Å². The van der Waals surface area contributed by atoms with Gasteiger partial charge in [-0.25, -0.2) is 9.37 Å². The molecule has 0 unspecified atom stereocenters. The number of carbonyl (C=O) groups excluding carboxylic acids is 1. The van der Waals surface area contributed by atoms with Crippen LogP contribution >= 0.6 is 0 Å². The standard InChI is InChI=1S/C17H16FN3O/c1-21-15-9-5-4-8-14(15)20-16(21)10-11-19-17(22)12-6-2-3-7-13(12)18/h2-9H,10-11H2,1H3,(H,19,22). The Morgan fingerprint density at radius 2 is 1.91 bits per heavy atom. The third-order valence-electron chi connectivity index (χ3n) is 3.63. The van der Waals surface area contributed by atoms with Crippen molar-refractivity contribution >= 4 is 16.9 Å². The number of rotatable bonds is 4. The highest BCUT2D eigenvalue weighted by Gasteiger charge is 2.11. The van der Waals surface area contributed by atoms with E-state index in [1.165, 1.54) is 12.1 Å². The van der Waals surface area contributed by atoms with E-state index in [4.69, 9.17) is 0 Å². The Morgan fingerprint density at radius 1 is 1.18 bits per heavy atom. The van der Waals surface area contributed by atoms with Crippen LogP contribution in [0.5, 0.6) is 0 Å². The van der Waals surface area contributed by atoms with Gasteiger partial charge < -0.3 is 9.88 Å². The van der Waals surface area contributed by atoms with E-state index in [0.29, 0.717) is 13.0 Å². The second kappa shape index (κ2) is 5.97. The van der Waals surface area contributed by atoms with Crippen LogP contribution in [0.3, 0.4) is 0 Å². The van der Waals surface area contributed by atoms with E-state index < -0.39 is 11.7 Å². The van der Waals surface area contributed by atoms with Gasteiger partial charge in [0.1, 0.15) is 11.6 Å². The zero-order chi connectivity index (χ0) is 15.5. The fourth-order valence-corrected chi connectivity index (χ4v) is 2.45. The molecule has 0 atom stereocenters. The van der Waals surface area contributed by atoms with Crippen molar-refractivity contribution in [3.8, 4) is 0 Å². The molecule has 4 nitrogen and oxygen atoms in total. The van der Waals surface area contributed by atoms with Crippen molar-refractivity contribution in [1.82, 2.24) is 14.9 Å². The summed E-state index contributed by atoms with van der Waals surface area (Å²) < 4.78 is 15.5. The van der Waals surface area contributed by atoms with Gasteiger partial charge >= 0.3 is 0 Å². The summed E-state index contributed by atoms with van der Waals surface area (Å²) in [7, 11) is 1.95. The highest BCUT2D eigenvalue weighted by atomic mass is 19.1. The summed E-state index contributed by atoms with van der Waals surface area (Å²) in [5, 5.41) is 2.73. The van der Waals surface area contributed by atoms with Crippen LogP contribution in [0, 0.1) is 5.82 Å². The van der Waals surface area contributed by atoms with Crippen molar-refractivity contribution in [3.63, 3.8) is 0 Å². The zero-order valence-electron chi connectivity index (χ0n) is 12.2. The number of para-hydroxylation sites is 2. The van der Waals surface area contributed by atoms with Crippen molar-refractivity contribution < 1.29 is 9.18 Å². The van der Waals surface area contributed by atoms with Crippen molar-refractivity contribution in [1.29, 1.82) is 0 Å². The van der Waals surface area contributed by atoms with Crippen molar-refractivity contribution in [2.75, 3.05) is 6.54 Å². The first-order valence-electron chi connectivity index (χ1n) is 7.10. The summed E-state index contributed by atoms with van der Waals surface area (Å²) in [6.07, 6.45) is 0.589. The molecule has 5 heteroatoms. The van der Waals surface area contributed by atoms with Gasteiger partial charge in [0.05, 0.1) is 16.6 Å². The lowest BCUT2D eigenvalue weighted by molar-refractivity contribution is 0.0950. The number of benzene rings is 2. The second-order valence-corrected chi connectivity index (χ2v) is 5.06. The van der Waals surface area contributed by atoms with Gasteiger partial charge in [0.15, 0.2) is 0 Å². The molecule has 2 aromatic carbocycles. The van der Waals surface area contributed by atoms with Gasteiger partial charge in [0.2, 0.25) is 0 Å². The number of aryl methyl sites for hydroxylation is 1. The first kappa shape index (κ1) is 14.3. The number of nitrogens with one attached hydrogen (secondary N) is 1. The van der Waals surface area contributed by atoms with Crippen molar-refractivity contribution in [2.45, 2.75) is 6.42 Å². The number of nitrogens with zero attached hydrogens (tertiary/aromatic N) is 2. The fourth-order valence-electron chi connectivity index (χ4n) is 2.45. The van der Waals surface area contributed by atoms with Gasteiger partial charge in [-0.05, 0) is 24.3 Å². The number of fused-ring (bicyclic) bond motifs is 1. The van der Waals surface area contributed by atoms with Gasteiger partial charge in [-0.3, -0.25) is 4.79 Å². The molecule has 1 heterocycles. The lowest BCUT2D eigenvalue weighted by atomic mass is 10.2. The summed E-state index contributed by atoms with van der Waals surface area (Å²) in [4.78, 5) is 16.5. The Bertz CT molecular complexity index is 826. The minimum atomic E-state index is -0.511. The lowest BCUT2D eigenvalue weighted by Gasteiger charge is -2.06. The highest BCUT2D eigenvalue weighted by molar-refractivity contribution is 5.94. The normalized spacial score (nSPS) is 10.8.